The van der Waals surface area contributed by atoms with Gasteiger partial charge in [0.05, 0.1) is 11.8 Å². The largest absolute Gasteiger partial charge is 0.506 e. The number of nitrogens with zero attached hydrogens (tertiary/aromatic N) is 2. The van der Waals surface area contributed by atoms with Gasteiger partial charge in [0.2, 0.25) is 0 Å². The molecular weight excluding hydrogens is 390 g/mol. The predicted octanol–water partition coefficient (Wildman–Crippen LogP) is 2.41. The first-order valence-corrected chi connectivity index (χ1v) is 9.46. The number of pyridine rings is 1. The maximum Gasteiger partial charge on any atom is 0.408 e. The van der Waals surface area contributed by atoms with E-state index in [0.717, 1.165) is 5.56 Å². The number of nitrogens with one attached hydrogen (secondary N) is 1. The Balaban J connectivity index is 1.73. The fourth-order valence-electron chi connectivity index (χ4n) is 2.73. The summed E-state index contributed by atoms with van der Waals surface area (Å²) < 4.78 is 5.05. The number of amides is 2. The number of aromatic hydroxyl groups is 1. The number of carboxylic acids is 1. The quantitative estimate of drug-likeness (QED) is 0.508. The Bertz CT molecular complexity index is 859. The lowest BCUT2D eigenvalue weighted by molar-refractivity contribution is -0.139. The van der Waals surface area contributed by atoms with Gasteiger partial charge >= 0.3 is 12.1 Å². The van der Waals surface area contributed by atoms with Crippen LogP contribution in [0.15, 0.2) is 48.8 Å². The summed E-state index contributed by atoms with van der Waals surface area (Å²) in [7, 11) is 1.61. The number of aliphatic carboxylic acids is 1. The van der Waals surface area contributed by atoms with Gasteiger partial charge in [0, 0.05) is 19.8 Å². The fourth-order valence-corrected chi connectivity index (χ4v) is 2.73. The van der Waals surface area contributed by atoms with Gasteiger partial charge in [-0.05, 0) is 30.9 Å². The van der Waals surface area contributed by atoms with Gasteiger partial charge in [-0.2, -0.15) is 0 Å². The summed E-state index contributed by atoms with van der Waals surface area (Å²) in [6, 6.07) is 9.32. The number of carboxylic acid groups (broad SMARTS) is 1. The molecule has 0 fully saturated rings. The third kappa shape index (κ3) is 7.42. The summed E-state index contributed by atoms with van der Waals surface area (Å²) in [5, 5.41) is 21.1. The Kier molecular flexibility index (Phi) is 8.61. The van der Waals surface area contributed by atoms with Gasteiger partial charge in [-0.25, -0.2) is 9.59 Å². The van der Waals surface area contributed by atoms with E-state index in [2.05, 4.69) is 10.3 Å². The molecule has 1 atom stereocenters. The Labute approximate surface area is 174 Å². The number of ether oxygens (including phenoxy) is 1. The molecule has 0 bridgehead atoms. The van der Waals surface area contributed by atoms with Gasteiger partial charge in [0.15, 0.2) is 0 Å². The molecule has 2 rings (SSSR count). The van der Waals surface area contributed by atoms with Crippen molar-refractivity contribution in [3.8, 4) is 5.75 Å². The SMILES string of the molecule is CN(CCCCC(NC(=O)OCc1ccccc1)C(=O)O)C(=O)c1cncc(O)c1. The fraction of sp³-hybridized carbons (Fsp3) is 0.333. The summed E-state index contributed by atoms with van der Waals surface area (Å²) in [6.45, 7) is 0.440. The van der Waals surface area contributed by atoms with Crippen LogP contribution in [0.25, 0.3) is 0 Å². The van der Waals surface area contributed by atoms with Gasteiger partial charge in [-0.3, -0.25) is 9.78 Å². The van der Waals surface area contributed by atoms with E-state index in [1.165, 1.54) is 23.4 Å². The summed E-state index contributed by atoms with van der Waals surface area (Å²) in [5.74, 6) is -1.54. The van der Waals surface area contributed by atoms with Crippen LogP contribution in [0.4, 0.5) is 4.79 Å². The number of aromatic nitrogens is 1. The topological polar surface area (TPSA) is 129 Å². The lowest BCUT2D eigenvalue weighted by Gasteiger charge is -2.18. The molecule has 2 amide bonds. The Morgan fingerprint density at radius 3 is 2.57 bits per heavy atom. The highest BCUT2D eigenvalue weighted by Crippen LogP contribution is 2.11. The van der Waals surface area contributed by atoms with Crippen molar-refractivity contribution in [1.82, 2.24) is 15.2 Å². The lowest BCUT2D eigenvalue weighted by Crippen LogP contribution is -2.41. The highest BCUT2D eigenvalue weighted by molar-refractivity contribution is 5.94. The molecular formula is C21H25N3O6. The van der Waals surface area contributed by atoms with Crippen LogP contribution in [-0.2, 0) is 16.1 Å². The van der Waals surface area contributed by atoms with Gasteiger partial charge in [0.25, 0.3) is 5.91 Å². The van der Waals surface area contributed by atoms with Crippen LogP contribution in [0.1, 0.15) is 35.2 Å². The van der Waals surface area contributed by atoms with E-state index in [1.54, 1.807) is 19.2 Å². The monoisotopic (exact) mass is 415 g/mol. The van der Waals surface area contributed by atoms with Crippen LogP contribution in [0.5, 0.6) is 5.75 Å². The zero-order chi connectivity index (χ0) is 21.9. The second-order valence-electron chi connectivity index (χ2n) is 6.75. The van der Waals surface area contributed by atoms with E-state index in [4.69, 9.17) is 4.74 Å². The van der Waals surface area contributed by atoms with E-state index in [9.17, 15) is 24.6 Å². The molecule has 9 heteroatoms. The van der Waals surface area contributed by atoms with Crippen molar-refractivity contribution in [2.45, 2.75) is 31.9 Å². The zero-order valence-electron chi connectivity index (χ0n) is 16.7. The third-order valence-electron chi connectivity index (χ3n) is 4.36. The van der Waals surface area contributed by atoms with E-state index in [0.29, 0.717) is 19.4 Å². The average Bonchev–Trinajstić information content (AvgIpc) is 2.74. The number of hydrogen-bond donors (Lipinski definition) is 3. The first-order valence-electron chi connectivity index (χ1n) is 9.46. The molecule has 0 saturated heterocycles. The highest BCUT2D eigenvalue weighted by atomic mass is 16.5. The molecule has 0 radical (unpaired) electrons. The van der Waals surface area contributed by atoms with E-state index in [1.807, 2.05) is 18.2 Å². The molecule has 3 N–H and O–H groups in total. The molecule has 30 heavy (non-hydrogen) atoms. The van der Waals surface area contributed by atoms with Crippen molar-refractivity contribution in [1.29, 1.82) is 0 Å². The van der Waals surface area contributed by atoms with E-state index in [-0.39, 0.29) is 30.2 Å². The molecule has 1 unspecified atom stereocenters. The minimum Gasteiger partial charge on any atom is -0.506 e. The van der Waals surface area contributed by atoms with Gasteiger partial charge in [-0.1, -0.05) is 30.3 Å². The Morgan fingerprint density at radius 2 is 1.90 bits per heavy atom. The highest BCUT2D eigenvalue weighted by Gasteiger charge is 2.20. The number of rotatable bonds is 10. The summed E-state index contributed by atoms with van der Waals surface area (Å²) in [6.07, 6.45) is 3.02. The Hall–Kier alpha value is -3.62. The van der Waals surface area contributed by atoms with Crippen molar-refractivity contribution in [3.63, 3.8) is 0 Å². The van der Waals surface area contributed by atoms with Crippen molar-refractivity contribution in [3.05, 3.63) is 59.9 Å². The minimum absolute atomic E-state index is 0.0514. The van der Waals surface area contributed by atoms with Crippen molar-refractivity contribution >= 4 is 18.0 Å². The minimum atomic E-state index is -1.15. The molecule has 0 aliphatic heterocycles. The number of carbonyl (C=O) groups is 3. The normalized spacial score (nSPS) is 11.4. The van der Waals surface area contributed by atoms with Crippen molar-refractivity contribution in [2.75, 3.05) is 13.6 Å². The maximum absolute atomic E-state index is 12.3. The van der Waals surface area contributed by atoms with Gasteiger partial charge < -0.3 is 25.2 Å². The van der Waals surface area contributed by atoms with Crippen LogP contribution < -0.4 is 5.32 Å². The van der Waals surface area contributed by atoms with Crippen LogP contribution in [0.2, 0.25) is 0 Å². The first-order chi connectivity index (χ1) is 14.4. The molecule has 1 aromatic carbocycles. The third-order valence-corrected chi connectivity index (χ3v) is 4.36. The molecule has 1 heterocycles. The van der Waals surface area contributed by atoms with Gasteiger partial charge in [0.1, 0.15) is 18.4 Å². The van der Waals surface area contributed by atoms with Crippen LogP contribution in [0.3, 0.4) is 0 Å². The van der Waals surface area contributed by atoms with E-state index < -0.39 is 18.1 Å². The van der Waals surface area contributed by atoms with Gasteiger partial charge in [-0.15, -0.1) is 0 Å². The molecule has 1 aromatic heterocycles. The molecule has 0 spiro atoms. The smallest absolute Gasteiger partial charge is 0.408 e. The summed E-state index contributed by atoms with van der Waals surface area (Å²) >= 11 is 0. The van der Waals surface area contributed by atoms with Crippen molar-refractivity contribution < 1.29 is 29.3 Å². The number of hydrogen-bond acceptors (Lipinski definition) is 6. The predicted molar refractivity (Wildman–Crippen MR) is 108 cm³/mol. The Morgan fingerprint density at radius 1 is 1.17 bits per heavy atom. The van der Waals surface area contributed by atoms with E-state index >= 15 is 0 Å². The zero-order valence-corrected chi connectivity index (χ0v) is 16.7. The first kappa shape index (κ1) is 22.7. The summed E-state index contributed by atoms with van der Waals surface area (Å²) in [4.78, 5) is 40.8. The standard InChI is InChI=1S/C21H25N3O6/c1-24(19(26)16-11-17(25)13-22-12-16)10-6-5-9-18(20(27)28)23-21(29)30-14-15-7-3-2-4-8-15/h2-4,7-8,11-13,18,25H,5-6,9-10,14H2,1H3,(H,23,29)(H,27,28). The number of alkyl carbamates (subject to hydrolysis) is 1. The molecule has 0 saturated carbocycles. The molecule has 160 valence electrons. The molecule has 2 aromatic rings. The van der Waals surface area contributed by atoms with Crippen LogP contribution >= 0.6 is 0 Å². The number of carbonyl (C=O) groups excluding carboxylic acids is 2. The average molecular weight is 415 g/mol. The molecule has 0 aliphatic rings. The lowest BCUT2D eigenvalue weighted by atomic mass is 10.1. The number of benzene rings is 1. The van der Waals surface area contributed by atoms with Crippen LogP contribution in [-0.4, -0.2) is 57.7 Å². The molecule has 9 nitrogen and oxygen atoms in total. The number of unbranched alkanes of at least 4 members (excludes halogenated alkanes) is 1. The summed E-state index contributed by atoms with van der Waals surface area (Å²) in [5.41, 5.74) is 1.07. The second-order valence-corrected chi connectivity index (χ2v) is 6.75. The maximum atomic E-state index is 12.3. The molecule has 0 aliphatic carbocycles. The van der Waals surface area contributed by atoms with Crippen molar-refractivity contribution in [2.24, 2.45) is 0 Å². The second kappa shape index (κ2) is 11.4. The van der Waals surface area contributed by atoms with Crippen LogP contribution in [0, 0.1) is 0 Å².